The molecule has 4 aromatic rings. The maximum atomic E-state index is 13.2. The number of rotatable bonds is 8. The van der Waals surface area contributed by atoms with Crippen molar-refractivity contribution in [3.63, 3.8) is 0 Å². The van der Waals surface area contributed by atoms with E-state index in [1.807, 2.05) is 36.4 Å². The second-order valence-electron chi connectivity index (χ2n) is 7.72. The van der Waals surface area contributed by atoms with Crippen LogP contribution in [0.3, 0.4) is 0 Å². The highest BCUT2D eigenvalue weighted by Gasteiger charge is 2.17. The molecule has 1 aromatic heterocycles. The molecule has 0 saturated heterocycles. The number of aliphatic hydroxyl groups excluding tert-OH is 1. The van der Waals surface area contributed by atoms with E-state index in [2.05, 4.69) is 15.7 Å². The summed E-state index contributed by atoms with van der Waals surface area (Å²) in [5.41, 5.74) is 3.06. The highest BCUT2D eigenvalue weighted by Crippen LogP contribution is 2.21. The van der Waals surface area contributed by atoms with Crippen molar-refractivity contribution in [2.45, 2.75) is 6.54 Å². The zero-order valence-electron chi connectivity index (χ0n) is 18.8. The van der Waals surface area contributed by atoms with E-state index in [-0.39, 0.29) is 19.1 Å². The summed E-state index contributed by atoms with van der Waals surface area (Å²) in [7, 11) is 0. The molecule has 3 aromatic carbocycles. The minimum Gasteiger partial charge on any atom is -0.395 e. The molecule has 0 bridgehead atoms. The van der Waals surface area contributed by atoms with Crippen LogP contribution >= 0.6 is 11.6 Å². The van der Waals surface area contributed by atoms with E-state index in [1.165, 1.54) is 6.20 Å². The lowest BCUT2D eigenvalue weighted by Crippen LogP contribution is -2.33. The lowest BCUT2D eigenvalue weighted by Gasteiger charge is -2.22. The summed E-state index contributed by atoms with van der Waals surface area (Å²) in [6, 6.07) is 23.1. The number of hydrogen-bond acceptors (Lipinski definition) is 4. The Balaban J connectivity index is 1.46. The molecule has 8 nitrogen and oxygen atoms in total. The largest absolute Gasteiger partial charge is 0.395 e. The number of carbonyl (C=O) groups excluding carboxylic acids is 2. The molecule has 0 aliphatic carbocycles. The van der Waals surface area contributed by atoms with Crippen LogP contribution in [0.25, 0.3) is 5.69 Å². The number of nitrogens with one attached hydrogen (secondary N) is 2. The van der Waals surface area contributed by atoms with Gasteiger partial charge >= 0.3 is 6.03 Å². The third-order valence-electron chi connectivity index (χ3n) is 5.19. The number of aromatic nitrogens is 2. The summed E-state index contributed by atoms with van der Waals surface area (Å²) in [5.74, 6) is -0.200. The number of para-hydroxylation sites is 1. The number of aliphatic hydroxyl groups is 1. The third kappa shape index (κ3) is 6.26. The van der Waals surface area contributed by atoms with Gasteiger partial charge in [-0.1, -0.05) is 60.1 Å². The summed E-state index contributed by atoms with van der Waals surface area (Å²) in [4.78, 5) is 27.1. The molecule has 0 radical (unpaired) electrons. The lowest BCUT2D eigenvalue weighted by molar-refractivity contribution is 0.0708. The van der Waals surface area contributed by atoms with Gasteiger partial charge in [-0.3, -0.25) is 4.79 Å². The first kappa shape index (κ1) is 24.0. The number of halogens is 1. The van der Waals surface area contributed by atoms with Crippen LogP contribution in [0.5, 0.6) is 0 Å². The molecule has 0 fully saturated rings. The Hall–Kier alpha value is -4.14. The van der Waals surface area contributed by atoms with Crippen LogP contribution in [0.4, 0.5) is 16.2 Å². The Morgan fingerprint density at radius 2 is 1.74 bits per heavy atom. The summed E-state index contributed by atoms with van der Waals surface area (Å²) in [6.45, 7) is 0.470. The minimum atomic E-state index is -0.456. The number of anilines is 2. The fourth-order valence-corrected chi connectivity index (χ4v) is 3.70. The van der Waals surface area contributed by atoms with Crippen LogP contribution < -0.4 is 10.6 Å². The van der Waals surface area contributed by atoms with Crippen molar-refractivity contribution < 1.29 is 14.7 Å². The Bertz CT molecular complexity index is 1310. The van der Waals surface area contributed by atoms with Gasteiger partial charge < -0.3 is 20.6 Å². The van der Waals surface area contributed by atoms with E-state index in [9.17, 15) is 14.7 Å². The van der Waals surface area contributed by atoms with Crippen LogP contribution in [0.15, 0.2) is 91.3 Å². The van der Waals surface area contributed by atoms with Gasteiger partial charge in [-0.15, -0.1) is 0 Å². The van der Waals surface area contributed by atoms with Crippen molar-refractivity contribution in [3.8, 4) is 5.69 Å². The van der Waals surface area contributed by atoms with Gasteiger partial charge in [-0.25, -0.2) is 9.48 Å². The molecule has 3 amide bonds. The number of carbonyl (C=O) groups is 2. The Morgan fingerprint density at radius 1 is 0.971 bits per heavy atom. The molecular weight excluding hydrogens is 466 g/mol. The average molecular weight is 490 g/mol. The predicted octanol–water partition coefficient (Wildman–Crippen LogP) is 4.80. The predicted molar refractivity (Wildman–Crippen MR) is 136 cm³/mol. The highest BCUT2D eigenvalue weighted by atomic mass is 35.5. The van der Waals surface area contributed by atoms with E-state index in [4.69, 9.17) is 11.6 Å². The van der Waals surface area contributed by atoms with Gasteiger partial charge in [0.15, 0.2) is 0 Å². The summed E-state index contributed by atoms with van der Waals surface area (Å²) in [6.07, 6.45) is 3.15. The number of nitrogens with zero attached hydrogens (tertiary/aromatic N) is 3. The zero-order valence-corrected chi connectivity index (χ0v) is 19.5. The lowest BCUT2D eigenvalue weighted by atomic mass is 10.1. The molecule has 0 spiro atoms. The van der Waals surface area contributed by atoms with Gasteiger partial charge in [-0.2, -0.15) is 5.10 Å². The molecule has 4 rings (SSSR count). The van der Waals surface area contributed by atoms with E-state index in [0.717, 1.165) is 5.56 Å². The van der Waals surface area contributed by atoms with Crippen LogP contribution in [-0.2, 0) is 6.54 Å². The Labute approximate surface area is 207 Å². The van der Waals surface area contributed by atoms with Crippen molar-refractivity contribution in [2.24, 2.45) is 0 Å². The van der Waals surface area contributed by atoms with E-state index in [1.54, 1.807) is 58.2 Å². The van der Waals surface area contributed by atoms with Gasteiger partial charge in [0.2, 0.25) is 0 Å². The fourth-order valence-electron chi connectivity index (χ4n) is 3.52. The zero-order chi connectivity index (χ0) is 24.6. The standard InChI is InChI=1S/C26H24ClN5O3/c27-23-11-4-5-12-24(23)30-26(35)29-21-16-28-32(18-21)22-10-6-9-20(15-22)25(34)31(13-14-33)17-19-7-2-1-3-8-19/h1-12,15-16,18,33H,13-14,17H2,(H2,29,30,35). The molecule has 0 unspecified atom stereocenters. The molecule has 0 atom stereocenters. The SMILES string of the molecule is O=C(Nc1cnn(-c2cccc(C(=O)N(CCO)Cc3ccccc3)c2)c1)Nc1ccccc1Cl. The molecule has 9 heteroatoms. The fraction of sp³-hybridized carbons (Fsp3) is 0.115. The van der Waals surface area contributed by atoms with Crippen LogP contribution in [0, 0.1) is 0 Å². The van der Waals surface area contributed by atoms with Crippen molar-refractivity contribution in [3.05, 3.63) is 107 Å². The molecule has 3 N–H and O–H groups in total. The van der Waals surface area contributed by atoms with Crippen LogP contribution in [0.1, 0.15) is 15.9 Å². The number of urea groups is 1. The molecule has 35 heavy (non-hydrogen) atoms. The van der Waals surface area contributed by atoms with Crippen molar-refractivity contribution in [1.29, 1.82) is 0 Å². The van der Waals surface area contributed by atoms with Crippen molar-refractivity contribution in [1.82, 2.24) is 14.7 Å². The first-order valence-electron chi connectivity index (χ1n) is 10.9. The second kappa shape index (κ2) is 11.3. The highest BCUT2D eigenvalue weighted by molar-refractivity contribution is 6.33. The molecule has 178 valence electrons. The summed E-state index contributed by atoms with van der Waals surface area (Å²) >= 11 is 6.08. The normalized spacial score (nSPS) is 10.6. The molecule has 0 aliphatic rings. The molecule has 1 heterocycles. The van der Waals surface area contributed by atoms with E-state index in [0.29, 0.717) is 34.2 Å². The third-order valence-corrected chi connectivity index (χ3v) is 5.52. The number of benzene rings is 3. The smallest absolute Gasteiger partial charge is 0.323 e. The van der Waals surface area contributed by atoms with Crippen LogP contribution in [-0.4, -0.2) is 44.9 Å². The summed E-state index contributed by atoms with van der Waals surface area (Å²) in [5, 5.41) is 19.6. The molecular formula is C26H24ClN5O3. The topological polar surface area (TPSA) is 99.5 Å². The monoisotopic (exact) mass is 489 g/mol. The Morgan fingerprint density at radius 3 is 2.51 bits per heavy atom. The maximum Gasteiger partial charge on any atom is 0.323 e. The van der Waals surface area contributed by atoms with Gasteiger partial charge in [0, 0.05) is 18.7 Å². The number of hydrogen-bond donors (Lipinski definition) is 3. The number of amides is 3. The van der Waals surface area contributed by atoms with E-state index >= 15 is 0 Å². The van der Waals surface area contributed by atoms with Gasteiger partial charge in [0.25, 0.3) is 5.91 Å². The molecule has 0 saturated carbocycles. The molecule has 0 aliphatic heterocycles. The average Bonchev–Trinajstić information content (AvgIpc) is 3.34. The van der Waals surface area contributed by atoms with Gasteiger partial charge in [0.1, 0.15) is 0 Å². The Kier molecular flexibility index (Phi) is 7.77. The quantitative estimate of drug-likeness (QED) is 0.331. The van der Waals surface area contributed by atoms with Gasteiger partial charge in [0.05, 0.1) is 41.1 Å². The summed E-state index contributed by atoms with van der Waals surface area (Å²) < 4.78 is 1.56. The van der Waals surface area contributed by atoms with Crippen molar-refractivity contribution >= 4 is 34.9 Å². The van der Waals surface area contributed by atoms with Gasteiger partial charge in [-0.05, 0) is 35.9 Å². The second-order valence-corrected chi connectivity index (χ2v) is 8.13. The minimum absolute atomic E-state index is 0.136. The first-order valence-corrected chi connectivity index (χ1v) is 11.3. The van der Waals surface area contributed by atoms with Crippen molar-refractivity contribution in [2.75, 3.05) is 23.8 Å². The first-order chi connectivity index (χ1) is 17.0. The maximum absolute atomic E-state index is 13.2. The van der Waals surface area contributed by atoms with Crippen LogP contribution in [0.2, 0.25) is 5.02 Å². The van der Waals surface area contributed by atoms with E-state index < -0.39 is 6.03 Å².